The van der Waals surface area contributed by atoms with Crippen LogP contribution in [0.1, 0.15) is 11.3 Å². The zero-order valence-corrected chi connectivity index (χ0v) is 14.6. The van der Waals surface area contributed by atoms with E-state index in [0.29, 0.717) is 23.0 Å². The monoisotopic (exact) mass is 353 g/mol. The second-order valence-corrected chi connectivity index (χ2v) is 6.23. The van der Waals surface area contributed by atoms with E-state index < -0.39 is 0 Å². The first-order valence-electron chi connectivity index (χ1n) is 7.89. The molecule has 0 radical (unpaired) electrons. The molecule has 0 atom stereocenters. The van der Waals surface area contributed by atoms with Gasteiger partial charge in [-0.1, -0.05) is 35.9 Å². The number of aromatic nitrogens is 3. The quantitative estimate of drug-likeness (QED) is 0.564. The maximum Gasteiger partial charge on any atom is 0.294 e. The number of imidazole rings is 1. The van der Waals surface area contributed by atoms with Crippen molar-refractivity contribution < 1.29 is 4.74 Å². The number of hydrogen-bond acceptors (Lipinski definition) is 3. The molecule has 126 valence electrons. The number of benzene rings is 2. The number of fused-ring (bicyclic) bond motifs is 3. The van der Waals surface area contributed by atoms with Gasteiger partial charge in [0.25, 0.3) is 5.56 Å². The third-order valence-corrected chi connectivity index (χ3v) is 4.84. The number of rotatable bonds is 3. The molecule has 0 saturated carbocycles. The van der Waals surface area contributed by atoms with Crippen LogP contribution in [-0.4, -0.2) is 21.1 Å². The average molecular weight is 354 g/mol. The van der Waals surface area contributed by atoms with Crippen LogP contribution < -0.4 is 10.3 Å². The van der Waals surface area contributed by atoms with Crippen LogP contribution in [0.4, 0.5) is 0 Å². The first-order chi connectivity index (χ1) is 12.1. The fraction of sp³-hybridized carbons (Fsp3) is 0.158. The van der Waals surface area contributed by atoms with Crippen molar-refractivity contribution in [2.45, 2.75) is 13.5 Å². The lowest BCUT2D eigenvalue weighted by molar-refractivity contribution is 0.414. The summed E-state index contributed by atoms with van der Waals surface area (Å²) in [7, 11) is 1.63. The van der Waals surface area contributed by atoms with Gasteiger partial charge in [0.15, 0.2) is 0 Å². The molecule has 5 nitrogen and oxygen atoms in total. The Bertz CT molecular complexity index is 1140. The van der Waals surface area contributed by atoms with E-state index in [9.17, 15) is 4.79 Å². The van der Waals surface area contributed by atoms with Gasteiger partial charge in [-0.25, -0.2) is 4.98 Å². The predicted molar refractivity (Wildman–Crippen MR) is 98.8 cm³/mol. The van der Waals surface area contributed by atoms with Gasteiger partial charge in [0.1, 0.15) is 10.9 Å². The number of nitrogens with zero attached hydrogens (tertiary/aromatic N) is 3. The van der Waals surface area contributed by atoms with Crippen LogP contribution in [0.2, 0.25) is 5.15 Å². The fourth-order valence-electron chi connectivity index (χ4n) is 3.02. The summed E-state index contributed by atoms with van der Waals surface area (Å²) >= 11 is 6.58. The summed E-state index contributed by atoms with van der Waals surface area (Å²) in [5, 5.41) is 0.497. The van der Waals surface area contributed by atoms with Crippen LogP contribution in [-0.2, 0) is 6.54 Å². The van der Waals surface area contributed by atoms with Gasteiger partial charge in [-0.3, -0.25) is 9.20 Å². The summed E-state index contributed by atoms with van der Waals surface area (Å²) < 4.78 is 8.55. The van der Waals surface area contributed by atoms with Gasteiger partial charge in [-0.2, -0.15) is 0 Å². The van der Waals surface area contributed by atoms with Crippen LogP contribution in [0.5, 0.6) is 5.75 Å². The molecule has 2 aromatic heterocycles. The Kier molecular flexibility index (Phi) is 3.73. The molecular formula is C19H16ClN3O2. The van der Waals surface area contributed by atoms with Gasteiger partial charge in [0, 0.05) is 0 Å². The minimum absolute atomic E-state index is 0.158. The Hall–Kier alpha value is -2.79. The van der Waals surface area contributed by atoms with E-state index in [1.807, 2.05) is 55.5 Å². The van der Waals surface area contributed by atoms with E-state index >= 15 is 0 Å². The highest BCUT2D eigenvalue weighted by Gasteiger charge is 2.17. The molecule has 0 amide bonds. The molecule has 2 aromatic carbocycles. The number of halogens is 1. The Morgan fingerprint density at radius 3 is 2.56 bits per heavy atom. The molecule has 2 heterocycles. The SMILES string of the molecule is COc1ccc(Cn2c(C)c(Cl)n3c(nc4ccccc43)c2=O)cc1. The molecule has 4 rings (SSSR count). The van der Waals surface area contributed by atoms with Crippen LogP contribution >= 0.6 is 11.6 Å². The third-order valence-electron chi connectivity index (χ3n) is 4.40. The van der Waals surface area contributed by atoms with Crippen LogP contribution in [0.15, 0.2) is 53.3 Å². The van der Waals surface area contributed by atoms with Gasteiger partial charge >= 0.3 is 0 Å². The molecule has 0 fully saturated rings. The first kappa shape index (κ1) is 15.7. The number of methoxy groups -OCH3 is 1. The zero-order valence-electron chi connectivity index (χ0n) is 13.9. The van der Waals surface area contributed by atoms with Crippen LogP contribution in [0.3, 0.4) is 0 Å². The number of hydrogen-bond donors (Lipinski definition) is 0. The topological polar surface area (TPSA) is 48.5 Å². The number of ether oxygens (including phenoxy) is 1. The van der Waals surface area contributed by atoms with E-state index in [4.69, 9.17) is 16.3 Å². The summed E-state index contributed by atoms with van der Waals surface area (Å²) in [6.07, 6.45) is 0. The summed E-state index contributed by atoms with van der Waals surface area (Å²) in [5.41, 5.74) is 3.46. The molecule has 0 N–H and O–H groups in total. The molecule has 25 heavy (non-hydrogen) atoms. The van der Waals surface area contributed by atoms with Crippen molar-refractivity contribution in [2.75, 3.05) is 7.11 Å². The van der Waals surface area contributed by atoms with E-state index in [-0.39, 0.29) is 5.56 Å². The van der Waals surface area contributed by atoms with Crippen molar-refractivity contribution >= 4 is 28.3 Å². The normalized spacial score (nSPS) is 11.3. The van der Waals surface area contributed by atoms with Crippen molar-refractivity contribution in [3.63, 3.8) is 0 Å². The molecule has 0 aliphatic carbocycles. The molecule has 6 heteroatoms. The van der Waals surface area contributed by atoms with E-state index in [1.54, 1.807) is 16.1 Å². The third kappa shape index (κ3) is 2.48. The van der Waals surface area contributed by atoms with Gasteiger partial charge in [0.2, 0.25) is 5.65 Å². The van der Waals surface area contributed by atoms with Crippen LogP contribution in [0.25, 0.3) is 16.7 Å². The average Bonchev–Trinajstić information content (AvgIpc) is 3.04. The maximum absolute atomic E-state index is 13.0. The predicted octanol–water partition coefficient (Wildman–Crippen LogP) is 3.67. The highest BCUT2D eigenvalue weighted by atomic mass is 35.5. The van der Waals surface area contributed by atoms with E-state index in [1.165, 1.54) is 0 Å². The number of para-hydroxylation sites is 2. The zero-order chi connectivity index (χ0) is 17.6. The smallest absolute Gasteiger partial charge is 0.294 e. The van der Waals surface area contributed by atoms with E-state index in [0.717, 1.165) is 22.3 Å². The van der Waals surface area contributed by atoms with Gasteiger partial charge in [-0.05, 0) is 36.8 Å². The first-order valence-corrected chi connectivity index (χ1v) is 8.27. The molecule has 4 aromatic rings. The second kappa shape index (κ2) is 5.93. The lowest BCUT2D eigenvalue weighted by Gasteiger charge is -2.13. The highest BCUT2D eigenvalue weighted by Crippen LogP contribution is 2.23. The Morgan fingerprint density at radius 1 is 1.12 bits per heavy atom. The minimum atomic E-state index is -0.158. The summed E-state index contributed by atoms with van der Waals surface area (Å²) in [4.78, 5) is 17.5. The summed E-state index contributed by atoms with van der Waals surface area (Å²) in [5.74, 6) is 0.779. The van der Waals surface area contributed by atoms with Gasteiger partial charge in [-0.15, -0.1) is 0 Å². The lowest BCUT2D eigenvalue weighted by atomic mass is 10.2. The standard InChI is InChI=1S/C19H16ClN3O2/c1-12-17(20)23-16-6-4-3-5-15(16)21-18(23)19(24)22(12)11-13-7-9-14(25-2)10-8-13/h3-10H,11H2,1-2H3. The molecular weight excluding hydrogens is 338 g/mol. The van der Waals surface area contributed by atoms with Gasteiger partial charge in [0.05, 0.1) is 30.4 Å². The molecule has 0 spiro atoms. The largest absolute Gasteiger partial charge is 0.497 e. The van der Waals surface area contributed by atoms with Crippen molar-refractivity contribution in [2.24, 2.45) is 0 Å². The second-order valence-electron chi connectivity index (χ2n) is 5.88. The van der Waals surface area contributed by atoms with Crippen LogP contribution in [0, 0.1) is 6.92 Å². The Morgan fingerprint density at radius 2 is 1.84 bits per heavy atom. The Labute approximate surface area is 149 Å². The van der Waals surface area contributed by atoms with Crippen molar-refractivity contribution in [3.05, 3.63) is 75.3 Å². The van der Waals surface area contributed by atoms with E-state index in [2.05, 4.69) is 4.98 Å². The highest BCUT2D eigenvalue weighted by molar-refractivity contribution is 6.30. The minimum Gasteiger partial charge on any atom is -0.497 e. The van der Waals surface area contributed by atoms with Crippen molar-refractivity contribution in [3.8, 4) is 5.75 Å². The molecule has 0 aliphatic rings. The van der Waals surface area contributed by atoms with Crippen molar-refractivity contribution in [1.82, 2.24) is 14.0 Å². The summed E-state index contributed by atoms with van der Waals surface area (Å²) in [6, 6.07) is 15.2. The van der Waals surface area contributed by atoms with Gasteiger partial charge < -0.3 is 9.30 Å². The fourth-order valence-corrected chi connectivity index (χ4v) is 3.29. The maximum atomic E-state index is 13.0. The molecule has 0 bridgehead atoms. The lowest BCUT2D eigenvalue weighted by Crippen LogP contribution is -2.26. The summed E-state index contributed by atoms with van der Waals surface area (Å²) in [6.45, 7) is 2.27. The molecule has 0 saturated heterocycles. The molecule has 0 aliphatic heterocycles. The molecule has 0 unspecified atom stereocenters. The Balaban J connectivity index is 1.92. The van der Waals surface area contributed by atoms with Crippen molar-refractivity contribution in [1.29, 1.82) is 0 Å².